The lowest BCUT2D eigenvalue weighted by Gasteiger charge is -2.12. The number of methoxy groups -OCH3 is 1. The number of aryl methyl sites for hydroxylation is 1. The number of H-pyrrole nitrogens is 1. The summed E-state index contributed by atoms with van der Waals surface area (Å²) in [6.45, 7) is 1.16. The van der Waals surface area contributed by atoms with Crippen LogP contribution in [0.1, 0.15) is 21.6 Å². The van der Waals surface area contributed by atoms with E-state index in [9.17, 15) is 13.6 Å². The van der Waals surface area contributed by atoms with Gasteiger partial charge < -0.3 is 14.8 Å². The zero-order valence-electron chi connectivity index (χ0n) is 14.4. The van der Waals surface area contributed by atoms with Crippen LogP contribution in [0.5, 0.6) is 11.5 Å². The molecule has 0 saturated carbocycles. The lowest BCUT2D eigenvalue weighted by atomic mass is 10.1. The van der Waals surface area contributed by atoms with Crippen LogP contribution < -0.4 is 14.8 Å². The van der Waals surface area contributed by atoms with E-state index in [0.29, 0.717) is 12.1 Å². The van der Waals surface area contributed by atoms with Gasteiger partial charge in [0.2, 0.25) is 5.95 Å². The summed E-state index contributed by atoms with van der Waals surface area (Å²) in [5.41, 5.74) is 0.236. The molecule has 0 atom stereocenters. The molecule has 2 heterocycles. The second kappa shape index (κ2) is 7.77. The SMILES string of the molecule is COc1cc(C)c(F)c(COc2cnc(Nc3cc(C=O)n[nH]3)nc2)c1F. The van der Waals surface area contributed by atoms with Crippen molar-refractivity contribution in [3.8, 4) is 11.5 Å². The maximum Gasteiger partial charge on any atom is 0.228 e. The number of rotatable bonds is 7. The molecule has 2 aromatic heterocycles. The Morgan fingerprint density at radius 3 is 2.59 bits per heavy atom. The lowest BCUT2D eigenvalue weighted by Crippen LogP contribution is -2.06. The highest BCUT2D eigenvalue weighted by atomic mass is 19.1. The third-order valence-electron chi connectivity index (χ3n) is 3.64. The van der Waals surface area contributed by atoms with Gasteiger partial charge in [-0.15, -0.1) is 0 Å². The molecule has 0 radical (unpaired) electrons. The summed E-state index contributed by atoms with van der Waals surface area (Å²) >= 11 is 0. The van der Waals surface area contributed by atoms with Gasteiger partial charge in [-0.3, -0.25) is 9.89 Å². The number of ether oxygens (including phenoxy) is 2. The second-order valence-electron chi connectivity index (χ2n) is 5.48. The van der Waals surface area contributed by atoms with E-state index in [1.807, 2.05) is 0 Å². The molecule has 0 aliphatic carbocycles. The number of hydrogen-bond acceptors (Lipinski definition) is 7. The number of carbonyl (C=O) groups is 1. The van der Waals surface area contributed by atoms with Crippen molar-refractivity contribution in [1.29, 1.82) is 0 Å². The Morgan fingerprint density at radius 1 is 1.22 bits per heavy atom. The summed E-state index contributed by atoms with van der Waals surface area (Å²) < 4.78 is 38.7. The van der Waals surface area contributed by atoms with Gasteiger partial charge in [-0.1, -0.05) is 0 Å². The van der Waals surface area contributed by atoms with Crippen molar-refractivity contribution >= 4 is 18.1 Å². The third-order valence-corrected chi connectivity index (χ3v) is 3.64. The summed E-state index contributed by atoms with van der Waals surface area (Å²) in [5, 5.41) is 9.14. The van der Waals surface area contributed by atoms with Gasteiger partial charge in [0.15, 0.2) is 23.6 Å². The highest BCUT2D eigenvalue weighted by Gasteiger charge is 2.18. The van der Waals surface area contributed by atoms with Crippen LogP contribution in [0.3, 0.4) is 0 Å². The first-order chi connectivity index (χ1) is 13.0. The number of aldehydes is 1. The summed E-state index contributed by atoms with van der Waals surface area (Å²) in [6, 6.07) is 2.76. The fraction of sp³-hybridized carbons (Fsp3) is 0.176. The van der Waals surface area contributed by atoms with Crippen LogP contribution in [0.4, 0.5) is 20.5 Å². The molecule has 0 amide bonds. The van der Waals surface area contributed by atoms with Crippen LogP contribution in [0.2, 0.25) is 0 Å². The van der Waals surface area contributed by atoms with E-state index in [0.717, 1.165) is 0 Å². The average Bonchev–Trinajstić information content (AvgIpc) is 3.13. The quantitative estimate of drug-likeness (QED) is 0.612. The Bertz CT molecular complexity index is 960. The number of aromatic amines is 1. The molecule has 0 bridgehead atoms. The Hall–Kier alpha value is -3.56. The highest BCUT2D eigenvalue weighted by Crippen LogP contribution is 2.27. The van der Waals surface area contributed by atoms with Gasteiger partial charge in [0.25, 0.3) is 0 Å². The second-order valence-corrected chi connectivity index (χ2v) is 5.48. The summed E-state index contributed by atoms with van der Waals surface area (Å²) in [5.74, 6) is -0.696. The molecular formula is C17H15F2N5O3. The van der Waals surface area contributed by atoms with E-state index < -0.39 is 11.6 Å². The molecule has 2 N–H and O–H groups in total. The van der Waals surface area contributed by atoms with Crippen molar-refractivity contribution in [3.05, 3.63) is 53.0 Å². The normalized spacial score (nSPS) is 10.5. The van der Waals surface area contributed by atoms with Gasteiger partial charge in [0, 0.05) is 6.07 Å². The number of nitrogens with one attached hydrogen (secondary N) is 2. The first-order valence-corrected chi connectivity index (χ1v) is 7.75. The molecule has 10 heteroatoms. The Labute approximate surface area is 152 Å². The van der Waals surface area contributed by atoms with E-state index in [-0.39, 0.29) is 40.9 Å². The zero-order valence-corrected chi connectivity index (χ0v) is 14.4. The standard InChI is InChI=1S/C17H15F2N5O3/c1-9-3-13(26-2)16(19)12(15(9)18)8-27-11-5-20-17(21-6-11)22-14-4-10(7-25)23-24-14/h3-7H,8H2,1-2H3,(H2,20,21,22,23,24). The minimum absolute atomic E-state index is 0.0578. The maximum absolute atomic E-state index is 14.2. The first-order valence-electron chi connectivity index (χ1n) is 7.75. The topological polar surface area (TPSA) is 102 Å². The van der Waals surface area contributed by atoms with Gasteiger partial charge >= 0.3 is 0 Å². The minimum atomic E-state index is -0.815. The van der Waals surface area contributed by atoms with Crippen LogP contribution >= 0.6 is 0 Å². The van der Waals surface area contributed by atoms with E-state index >= 15 is 0 Å². The summed E-state index contributed by atoms with van der Waals surface area (Å²) in [6.07, 6.45) is 3.28. The number of hydrogen-bond donors (Lipinski definition) is 2. The predicted molar refractivity (Wildman–Crippen MR) is 91.3 cm³/mol. The summed E-state index contributed by atoms with van der Waals surface area (Å²) in [4.78, 5) is 18.6. The van der Waals surface area contributed by atoms with Crippen molar-refractivity contribution in [2.24, 2.45) is 0 Å². The van der Waals surface area contributed by atoms with E-state index in [2.05, 4.69) is 25.5 Å². The number of aromatic nitrogens is 4. The van der Waals surface area contributed by atoms with Gasteiger partial charge in [-0.2, -0.15) is 5.10 Å². The van der Waals surface area contributed by atoms with Crippen LogP contribution in [0, 0.1) is 18.6 Å². The zero-order chi connectivity index (χ0) is 19.4. The Balaban J connectivity index is 1.69. The van der Waals surface area contributed by atoms with Crippen molar-refractivity contribution in [3.63, 3.8) is 0 Å². The molecule has 1 aromatic carbocycles. The number of benzene rings is 1. The van der Waals surface area contributed by atoms with Crippen molar-refractivity contribution in [1.82, 2.24) is 20.2 Å². The molecule has 8 nitrogen and oxygen atoms in total. The molecule has 3 aromatic rings. The fourth-order valence-electron chi connectivity index (χ4n) is 2.27. The molecule has 0 unspecified atom stereocenters. The molecule has 0 aliphatic heterocycles. The average molecular weight is 375 g/mol. The highest BCUT2D eigenvalue weighted by molar-refractivity contribution is 5.73. The summed E-state index contributed by atoms with van der Waals surface area (Å²) in [7, 11) is 1.30. The molecule has 3 rings (SSSR count). The lowest BCUT2D eigenvalue weighted by molar-refractivity contribution is 0.111. The van der Waals surface area contributed by atoms with Crippen LogP contribution in [-0.2, 0) is 6.61 Å². The van der Waals surface area contributed by atoms with Gasteiger partial charge in [0.1, 0.15) is 23.9 Å². The van der Waals surface area contributed by atoms with Gasteiger partial charge in [0.05, 0.1) is 25.1 Å². The Kier molecular flexibility index (Phi) is 5.25. The molecule has 27 heavy (non-hydrogen) atoms. The largest absolute Gasteiger partial charge is 0.494 e. The fourth-order valence-corrected chi connectivity index (χ4v) is 2.27. The first kappa shape index (κ1) is 18.2. The molecule has 0 saturated heterocycles. The van der Waals surface area contributed by atoms with Gasteiger partial charge in [-0.05, 0) is 18.6 Å². The predicted octanol–water partition coefficient (Wildman–Crippen LogP) is 2.93. The van der Waals surface area contributed by atoms with E-state index in [1.54, 1.807) is 0 Å². The van der Waals surface area contributed by atoms with Gasteiger partial charge in [-0.25, -0.2) is 18.7 Å². The molecule has 0 spiro atoms. The monoisotopic (exact) mass is 375 g/mol. The Morgan fingerprint density at radius 2 is 1.96 bits per heavy atom. The van der Waals surface area contributed by atoms with Crippen LogP contribution in [-0.4, -0.2) is 33.6 Å². The van der Waals surface area contributed by atoms with Crippen molar-refractivity contribution < 1.29 is 23.0 Å². The molecule has 140 valence electrons. The van der Waals surface area contributed by atoms with E-state index in [1.165, 1.54) is 38.6 Å². The van der Waals surface area contributed by atoms with Crippen LogP contribution in [0.25, 0.3) is 0 Å². The molecular weight excluding hydrogens is 360 g/mol. The van der Waals surface area contributed by atoms with E-state index in [4.69, 9.17) is 9.47 Å². The molecule has 0 aliphatic rings. The molecule has 0 fully saturated rings. The van der Waals surface area contributed by atoms with Crippen LogP contribution in [0.15, 0.2) is 24.5 Å². The third kappa shape index (κ3) is 4.00. The minimum Gasteiger partial charge on any atom is -0.494 e. The van der Waals surface area contributed by atoms with Crippen molar-refractivity contribution in [2.75, 3.05) is 12.4 Å². The number of halogens is 2. The maximum atomic E-state index is 14.2. The number of nitrogens with zero attached hydrogens (tertiary/aromatic N) is 3. The number of anilines is 2. The smallest absolute Gasteiger partial charge is 0.228 e. The van der Waals surface area contributed by atoms with Crippen molar-refractivity contribution in [2.45, 2.75) is 13.5 Å². The number of carbonyl (C=O) groups excluding carboxylic acids is 1.